The van der Waals surface area contributed by atoms with Crippen LogP contribution in [0.15, 0.2) is 84.9 Å². The monoisotopic (exact) mass is 506 g/mol. The largest absolute Gasteiger partial charge is 0.494 e. The van der Waals surface area contributed by atoms with Gasteiger partial charge in [0.15, 0.2) is 0 Å². The van der Waals surface area contributed by atoms with Crippen LogP contribution < -0.4 is 10.1 Å². The molecule has 0 fully saturated rings. The van der Waals surface area contributed by atoms with Crippen molar-refractivity contribution in [2.75, 3.05) is 6.61 Å². The third kappa shape index (κ3) is 9.04. The lowest BCUT2D eigenvalue weighted by molar-refractivity contribution is -0.142. The van der Waals surface area contributed by atoms with Crippen LogP contribution in [-0.2, 0) is 22.6 Å². The maximum atomic E-state index is 13.6. The number of carbonyl (C=O) groups is 2. The lowest BCUT2D eigenvalue weighted by Gasteiger charge is -2.34. The van der Waals surface area contributed by atoms with Crippen LogP contribution in [0.3, 0.4) is 0 Å². The molecule has 0 saturated carbocycles. The van der Waals surface area contributed by atoms with E-state index in [9.17, 15) is 9.59 Å². The molecule has 0 saturated heterocycles. The van der Waals surface area contributed by atoms with Crippen molar-refractivity contribution in [3.63, 3.8) is 0 Å². The number of ether oxygens (including phenoxy) is 1. The Morgan fingerprint density at radius 2 is 1.50 bits per heavy atom. The Morgan fingerprint density at radius 1 is 0.889 bits per heavy atom. The highest BCUT2D eigenvalue weighted by Crippen LogP contribution is 2.19. The summed E-state index contributed by atoms with van der Waals surface area (Å²) in [6.07, 6.45) is 1.24. The van der Waals surface area contributed by atoms with Gasteiger partial charge in [0.25, 0.3) is 0 Å². The van der Waals surface area contributed by atoms with E-state index < -0.39 is 11.6 Å². The molecule has 3 aromatic carbocycles. The van der Waals surface area contributed by atoms with E-state index in [1.165, 1.54) is 0 Å². The number of amides is 2. The summed E-state index contributed by atoms with van der Waals surface area (Å²) < 4.78 is 5.77. The number of hydrogen-bond donors (Lipinski definition) is 1. The zero-order valence-electron chi connectivity index (χ0n) is 21.2. The Kier molecular flexibility index (Phi) is 9.95. The molecule has 5 nitrogen and oxygen atoms in total. The molecule has 0 spiro atoms. The second-order valence-electron chi connectivity index (χ2n) is 9.86. The summed E-state index contributed by atoms with van der Waals surface area (Å²) in [7, 11) is 0. The van der Waals surface area contributed by atoms with Crippen molar-refractivity contribution in [1.82, 2.24) is 10.2 Å². The number of para-hydroxylation sites is 1. The molecule has 1 atom stereocenters. The molecular formula is C30H35ClN2O3. The summed E-state index contributed by atoms with van der Waals surface area (Å²) >= 11 is 6.08. The third-order valence-electron chi connectivity index (χ3n) is 5.58. The third-order valence-corrected chi connectivity index (χ3v) is 5.83. The zero-order chi connectivity index (χ0) is 26.0. The van der Waals surface area contributed by atoms with Crippen molar-refractivity contribution in [2.24, 2.45) is 0 Å². The zero-order valence-corrected chi connectivity index (χ0v) is 22.0. The van der Waals surface area contributed by atoms with E-state index in [0.29, 0.717) is 31.0 Å². The molecule has 3 aromatic rings. The lowest BCUT2D eigenvalue weighted by atomic mass is 10.00. The van der Waals surface area contributed by atoms with Gasteiger partial charge in [-0.3, -0.25) is 9.59 Å². The summed E-state index contributed by atoms with van der Waals surface area (Å²) in [4.78, 5) is 28.8. The molecule has 0 aliphatic heterocycles. The molecule has 0 radical (unpaired) electrons. The SMILES string of the molecule is CC(C)(C)NC(=O)[C@H](Cc1ccccc1)N(Cc1ccc(Cl)cc1)C(=O)CCCOc1ccccc1. The Balaban J connectivity index is 1.81. The van der Waals surface area contributed by atoms with Gasteiger partial charge < -0.3 is 15.0 Å². The Bertz CT molecular complexity index is 1100. The normalized spacial score (nSPS) is 12.0. The van der Waals surface area contributed by atoms with Gasteiger partial charge in [-0.25, -0.2) is 0 Å². The van der Waals surface area contributed by atoms with E-state index in [2.05, 4.69) is 5.32 Å². The van der Waals surface area contributed by atoms with Gasteiger partial charge in [0.1, 0.15) is 11.8 Å². The van der Waals surface area contributed by atoms with Crippen molar-refractivity contribution in [1.29, 1.82) is 0 Å². The Labute approximate surface area is 219 Å². The first-order valence-electron chi connectivity index (χ1n) is 12.3. The minimum Gasteiger partial charge on any atom is -0.494 e. The van der Waals surface area contributed by atoms with Crippen LogP contribution in [0.4, 0.5) is 0 Å². The van der Waals surface area contributed by atoms with Crippen molar-refractivity contribution < 1.29 is 14.3 Å². The first-order valence-corrected chi connectivity index (χ1v) is 12.7. The molecule has 190 valence electrons. The van der Waals surface area contributed by atoms with Gasteiger partial charge >= 0.3 is 0 Å². The van der Waals surface area contributed by atoms with E-state index in [0.717, 1.165) is 16.9 Å². The Morgan fingerprint density at radius 3 is 2.11 bits per heavy atom. The first kappa shape index (κ1) is 27.3. The molecule has 1 N–H and O–H groups in total. The topological polar surface area (TPSA) is 58.6 Å². The number of hydrogen-bond acceptors (Lipinski definition) is 3. The van der Waals surface area contributed by atoms with Crippen LogP contribution >= 0.6 is 11.6 Å². The molecule has 2 amide bonds. The molecule has 0 aromatic heterocycles. The lowest BCUT2D eigenvalue weighted by Crippen LogP contribution is -2.54. The Hall–Kier alpha value is -3.31. The molecule has 6 heteroatoms. The molecule has 36 heavy (non-hydrogen) atoms. The highest BCUT2D eigenvalue weighted by Gasteiger charge is 2.32. The maximum Gasteiger partial charge on any atom is 0.243 e. The molecular weight excluding hydrogens is 472 g/mol. The van der Waals surface area contributed by atoms with Crippen LogP contribution in [0, 0.1) is 0 Å². The van der Waals surface area contributed by atoms with Crippen LogP contribution in [0.25, 0.3) is 0 Å². The summed E-state index contributed by atoms with van der Waals surface area (Å²) in [5.74, 6) is 0.510. The number of nitrogens with one attached hydrogen (secondary N) is 1. The van der Waals surface area contributed by atoms with Gasteiger partial charge in [-0.1, -0.05) is 72.3 Å². The summed E-state index contributed by atoms with van der Waals surface area (Å²) in [6.45, 7) is 6.55. The van der Waals surface area contributed by atoms with E-state index in [-0.39, 0.29) is 18.2 Å². The van der Waals surface area contributed by atoms with Crippen LogP contribution in [0.2, 0.25) is 5.02 Å². The average Bonchev–Trinajstić information content (AvgIpc) is 2.85. The minimum absolute atomic E-state index is 0.0911. The highest BCUT2D eigenvalue weighted by atomic mass is 35.5. The predicted molar refractivity (Wildman–Crippen MR) is 145 cm³/mol. The molecule has 3 rings (SSSR count). The van der Waals surface area contributed by atoms with Gasteiger partial charge in [-0.05, 0) is 62.6 Å². The van der Waals surface area contributed by atoms with Crippen molar-refractivity contribution in [2.45, 2.75) is 58.2 Å². The summed E-state index contributed by atoms with van der Waals surface area (Å²) in [5.41, 5.74) is 1.48. The fraction of sp³-hybridized carbons (Fsp3) is 0.333. The van der Waals surface area contributed by atoms with Gasteiger partial charge in [0.05, 0.1) is 6.61 Å². The highest BCUT2D eigenvalue weighted by molar-refractivity contribution is 6.30. The van der Waals surface area contributed by atoms with Gasteiger partial charge in [-0.2, -0.15) is 0 Å². The molecule has 0 aliphatic carbocycles. The smallest absolute Gasteiger partial charge is 0.243 e. The van der Waals surface area contributed by atoms with Crippen LogP contribution in [0.5, 0.6) is 5.75 Å². The number of benzene rings is 3. The fourth-order valence-electron chi connectivity index (χ4n) is 3.87. The fourth-order valence-corrected chi connectivity index (χ4v) is 3.99. The molecule has 0 heterocycles. The van der Waals surface area contributed by atoms with Gasteiger partial charge in [-0.15, -0.1) is 0 Å². The van der Waals surface area contributed by atoms with Gasteiger partial charge in [0, 0.05) is 29.9 Å². The molecule has 0 aliphatic rings. The minimum atomic E-state index is -0.662. The van der Waals surface area contributed by atoms with Crippen molar-refractivity contribution in [3.05, 3.63) is 101 Å². The van der Waals surface area contributed by atoms with E-state index in [4.69, 9.17) is 16.3 Å². The van der Waals surface area contributed by atoms with Crippen molar-refractivity contribution >= 4 is 23.4 Å². The van der Waals surface area contributed by atoms with E-state index in [1.807, 2.05) is 93.6 Å². The standard InChI is InChI=1S/C30H35ClN2O3/c1-30(2,3)32-29(35)27(21-23-11-6-4-7-12-23)33(22-24-16-18-25(31)19-17-24)28(34)15-10-20-36-26-13-8-5-9-14-26/h4-9,11-14,16-19,27H,10,15,20-22H2,1-3H3,(H,32,35)/t27-/m0/s1. The number of halogens is 1. The number of carbonyl (C=O) groups excluding carboxylic acids is 2. The second kappa shape index (κ2) is 13.1. The first-order chi connectivity index (χ1) is 17.2. The van der Waals surface area contributed by atoms with E-state index >= 15 is 0 Å². The van der Waals surface area contributed by atoms with Crippen molar-refractivity contribution in [3.8, 4) is 5.75 Å². The second-order valence-corrected chi connectivity index (χ2v) is 10.3. The molecule has 0 unspecified atom stereocenters. The summed E-state index contributed by atoms with van der Waals surface area (Å²) in [6, 6.07) is 26.1. The average molecular weight is 507 g/mol. The van der Waals surface area contributed by atoms with Crippen LogP contribution in [0.1, 0.15) is 44.7 Å². The van der Waals surface area contributed by atoms with Gasteiger partial charge in [0.2, 0.25) is 11.8 Å². The molecule has 0 bridgehead atoms. The number of nitrogens with zero attached hydrogens (tertiary/aromatic N) is 1. The van der Waals surface area contributed by atoms with Crippen LogP contribution in [-0.4, -0.2) is 34.9 Å². The summed E-state index contributed by atoms with van der Waals surface area (Å²) in [5, 5.41) is 3.71. The predicted octanol–water partition coefficient (Wildman–Crippen LogP) is 6.05. The van der Waals surface area contributed by atoms with E-state index in [1.54, 1.807) is 17.0 Å². The number of rotatable bonds is 11. The quantitative estimate of drug-likeness (QED) is 0.322. The maximum absolute atomic E-state index is 13.6.